The van der Waals surface area contributed by atoms with Gasteiger partial charge in [-0.05, 0) is 37.1 Å². The minimum absolute atomic E-state index is 0.131. The Morgan fingerprint density at radius 1 is 1.36 bits per heavy atom. The number of thiophene rings is 1. The lowest BCUT2D eigenvalue weighted by Crippen LogP contribution is -2.30. The topological polar surface area (TPSA) is 76.3 Å². The first kappa shape index (κ1) is 17.5. The van der Waals surface area contributed by atoms with Crippen molar-refractivity contribution in [1.82, 2.24) is 15.0 Å². The monoisotopic (exact) mass is 418 g/mol. The van der Waals surface area contributed by atoms with Crippen LogP contribution in [0.15, 0.2) is 45.0 Å². The van der Waals surface area contributed by atoms with Crippen molar-refractivity contribution in [2.24, 2.45) is 5.10 Å². The largest absolute Gasteiger partial charge is 0.289 e. The molecule has 6 nitrogen and oxygen atoms in total. The van der Waals surface area contributed by atoms with Crippen LogP contribution in [0.2, 0.25) is 0 Å². The van der Waals surface area contributed by atoms with Crippen LogP contribution in [0.3, 0.4) is 0 Å². The van der Waals surface area contributed by atoms with Gasteiger partial charge in [0.25, 0.3) is 11.5 Å². The Balaban J connectivity index is 1.71. The summed E-state index contributed by atoms with van der Waals surface area (Å²) in [6.07, 6.45) is 2.94. The number of aryl methyl sites for hydroxylation is 2. The van der Waals surface area contributed by atoms with Crippen LogP contribution in [-0.4, -0.2) is 21.7 Å². The molecule has 1 N–H and O–H groups in total. The summed E-state index contributed by atoms with van der Waals surface area (Å²) < 4.78 is 2.27. The molecule has 3 aromatic rings. The minimum atomic E-state index is -0.388. The number of carbonyl (C=O) groups excluding carboxylic acids is 1. The number of benzene rings is 1. The van der Waals surface area contributed by atoms with Crippen LogP contribution in [0.4, 0.5) is 0 Å². The number of hydrogen-bond acceptors (Lipinski definition) is 5. The molecule has 2 heterocycles. The van der Waals surface area contributed by atoms with Crippen LogP contribution in [-0.2, 0) is 11.3 Å². The number of hydrogen-bond donors (Lipinski definition) is 1. The van der Waals surface area contributed by atoms with Crippen molar-refractivity contribution in [1.29, 1.82) is 0 Å². The SMILES string of the molecule is Cc1sc2ncn(CC(=O)N/N=C\c3ccc(Br)cc3)c(=O)c2c1C. The van der Waals surface area contributed by atoms with Crippen molar-refractivity contribution in [3.05, 3.63) is 61.4 Å². The summed E-state index contributed by atoms with van der Waals surface area (Å²) in [4.78, 5) is 30.6. The van der Waals surface area contributed by atoms with Gasteiger partial charge in [0.2, 0.25) is 0 Å². The molecule has 0 radical (unpaired) electrons. The number of nitrogens with one attached hydrogen (secondary N) is 1. The zero-order valence-electron chi connectivity index (χ0n) is 13.6. The maximum Gasteiger partial charge on any atom is 0.262 e. The maximum atomic E-state index is 12.5. The molecule has 0 aliphatic rings. The molecule has 0 saturated carbocycles. The Morgan fingerprint density at radius 2 is 2.08 bits per heavy atom. The number of aromatic nitrogens is 2. The third kappa shape index (κ3) is 3.85. The molecule has 1 aromatic carbocycles. The molecule has 25 heavy (non-hydrogen) atoms. The average molecular weight is 419 g/mol. The van der Waals surface area contributed by atoms with Gasteiger partial charge in [0.1, 0.15) is 11.4 Å². The summed E-state index contributed by atoms with van der Waals surface area (Å²) in [7, 11) is 0. The zero-order chi connectivity index (χ0) is 18.0. The highest BCUT2D eigenvalue weighted by Crippen LogP contribution is 2.25. The molecule has 1 amide bonds. The number of halogens is 1. The highest BCUT2D eigenvalue weighted by molar-refractivity contribution is 9.10. The van der Waals surface area contributed by atoms with E-state index in [0.29, 0.717) is 10.2 Å². The Morgan fingerprint density at radius 3 is 2.80 bits per heavy atom. The van der Waals surface area contributed by atoms with E-state index in [1.165, 1.54) is 22.2 Å². The van der Waals surface area contributed by atoms with Crippen molar-refractivity contribution >= 4 is 49.6 Å². The summed E-state index contributed by atoms with van der Waals surface area (Å²) in [6, 6.07) is 7.50. The molecule has 128 valence electrons. The minimum Gasteiger partial charge on any atom is -0.289 e. The third-order valence-electron chi connectivity index (χ3n) is 3.74. The normalized spacial score (nSPS) is 11.3. The Labute approximate surface area is 156 Å². The smallest absolute Gasteiger partial charge is 0.262 e. The lowest BCUT2D eigenvalue weighted by Gasteiger charge is -2.04. The first-order valence-electron chi connectivity index (χ1n) is 7.48. The van der Waals surface area contributed by atoms with Gasteiger partial charge in [0.05, 0.1) is 17.9 Å². The van der Waals surface area contributed by atoms with Gasteiger partial charge in [-0.2, -0.15) is 5.10 Å². The van der Waals surface area contributed by atoms with Crippen molar-refractivity contribution < 1.29 is 4.79 Å². The molecule has 0 aliphatic heterocycles. The van der Waals surface area contributed by atoms with Crippen LogP contribution < -0.4 is 11.0 Å². The second-order valence-corrected chi connectivity index (χ2v) is 7.60. The number of nitrogens with zero attached hydrogens (tertiary/aromatic N) is 3. The molecular weight excluding hydrogens is 404 g/mol. The second-order valence-electron chi connectivity index (χ2n) is 5.49. The van der Waals surface area contributed by atoms with E-state index in [9.17, 15) is 9.59 Å². The van der Waals surface area contributed by atoms with Gasteiger partial charge in [0, 0.05) is 9.35 Å². The Hall–Kier alpha value is -2.32. The fourth-order valence-corrected chi connectivity index (χ4v) is 3.55. The first-order valence-corrected chi connectivity index (χ1v) is 9.09. The van der Waals surface area contributed by atoms with E-state index < -0.39 is 0 Å². The van der Waals surface area contributed by atoms with Gasteiger partial charge >= 0.3 is 0 Å². The van der Waals surface area contributed by atoms with Gasteiger partial charge in [-0.1, -0.05) is 28.1 Å². The van der Waals surface area contributed by atoms with Gasteiger partial charge in [-0.3, -0.25) is 14.2 Å². The molecule has 2 aromatic heterocycles. The van der Waals surface area contributed by atoms with Crippen molar-refractivity contribution in [2.45, 2.75) is 20.4 Å². The quantitative estimate of drug-likeness (QED) is 0.522. The first-order chi connectivity index (χ1) is 12.0. The predicted octanol–water partition coefficient (Wildman–Crippen LogP) is 2.99. The molecule has 0 spiro atoms. The van der Waals surface area contributed by atoms with Gasteiger partial charge in [-0.25, -0.2) is 10.4 Å². The third-order valence-corrected chi connectivity index (χ3v) is 5.39. The van der Waals surface area contributed by atoms with E-state index in [4.69, 9.17) is 0 Å². The molecule has 0 aliphatic carbocycles. The van der Waals surface area contributed by atoms with Crippen LogP contribution in [0.25, 0.3) is 10.2 Å². The van der Waals surface area contributed by atoms with Gasteiger partial charge in [-0.15, -0.1) is 11.3 Å². The van der Waals surface area contributed by atoms with E-state index in [1.807, 2.05) is 38.1 Å². The number of amides is 1. The van der Waals surface area contributed by atoms with E-state index >= 15 is 0 Å². The van der Waals surface area contributed by atoms with Gasteiger partial charge < -0.3 is 0 Å². The molecule has 0 bridgehead atoms. The van der Waals surface area contributed by atoms with Crippen LogP contribution in [0, 0.1) is 13.8 Å². The maximum absolute atomic E-state index is 12.5. The predicted molar refractivity (Wildman–Crippen MR) is 103 cm³/mol. The summed E-state index contributed by atoms with van der Waals surface area (Å²) in [5, 5.41) is 4.49. The van der Waals surface area contributed by atoms with E-state index in [-0.39, 0.29) is 18.0 Å². The summed E-state index contributed by atoms with van der Waals surface area (Å²) in [6.45, 7) is 3.72. The van der Waals surface area contributed by atoms with Crippen LogP contribution >= 0.6 is 27.3 Å². The highest BCUT2D eigenvalue weighted by Gasteiger charge is 2.13. The highest BCUT2D eigenvalue weighted by atomic mass is 79.9. The van der Waals surface area contributed by atoms with Crippen molar-refractivity contribution in [3.63, 3.8) is 0 Å². The average Bonchev–Trinajstić information content (AvgIpc) is 2.87. The standard InChI is InChI=1S/C17H15BrN4O2S/c1-10-11(2)25-16-15(10)17(24)22(9-19-16)8-14(23)21-20-7-12-3-5-13(18)6-4-12/h3-7,9H,8H2,1-2H3,(H,21,23)/b20-7-. The summed E-state index contributed by atoms with van der Waals surface area (Å²) in [5.74, 6) is -0.388. The zero-order valence-corrected chi connectivity index (χ0v) is 16.0. The van der Waals surface area contributed by atoms with Gasteiger partial charge in [0.15, 0.2) is 0 Å². The molecule has 0 saturated heterocycles. The fourth-order valence-electron chi connectivity index (χ4n) is 2.30. The Kier molecular flexibility index (Phi) is 5.10. The number of carbonyl (C=O) groups is 1. The lowest BCUT2D eigenvalue weighted by atomic mass is 10.2. The second kappa shape index (κ2) is 7.28. The molecule has 0 unspecified atom stereocenters. The molecule has 0 atom stereocenters. The number of rotatable bonds is 4. The van der Waals surface area contributed by atoms with E-state index in [2.05, 4.69) is 31.4 Å². The summed E-state index contributed by atoms with van der Waals surface area (Å²) in [5.41, 5.74) is 3.99. The molecule has 0 fully saturated rings. The van der Waals surface area contributed by atoms with Crippen LogP contribution in [0.1, 0.15) is 16.0 Å². The molecular formula is C17H15BrN4O2S. The fraction of sp³-hybridized carbons (Fsp3) is 0.176. The molecule has 3 rings (SSSR count). The summed E-state index contributed by atoms with van der Waals surface area (Å²) >= 11 is 4.83. The van der Waals surface area contributed by atoms with Crippen molar-refractivity contribution in [3.8, 4) is 0 Å². The van der Waals surface area contributed by atoms with E-state index in [1.54, 1.807) is 6.21 Å². The number of fused-ring (bicyclic) bond motifs is 1. The van der Waals surface area contributed by atoms with Crippen molar-refractivity contribution in [2.75, 3.05) is 0 Å². The van der Waals surface area contributed by atoms with Crippen LogP contribution in [0.5, 0.6) is 0 Å². The van der Waals surface area contributed by atoms with E-state index in [0.717, 1.165) is 20.5 Å². The lowest BCUT2D eigenvalue weighted by molar-refractivity contribution is -0.121. The molecule has 8 heteroatoms. The number of hydrazone groups is 1. The Bertz CT molecular complexity index is 1020.